The van der Waals surface area contributed by atoms with E-state index < -0.39 is 48.5 Å². The summed E-state index contributed by atoms with van der Waals surface area (Å²) in [4.78, 5) is 76.1. The van der Waals surface area contributed by atoms with Gasteiger partial charge < -0.3 is 36.2 Å². The molecule has 3 aliphatic heterocycles. The first kappa shape index (κ1) is 39.8. The molecule has 0 aliphatic carbocycles. The number of epoxide rings is 1. The van der Waals surface area contributed by atoms with Crippen molar-refractivity contribution in [2.24, 2.45) is 0 Å². The number of quaternary nitrogens is 1. The van der Waals surface area contributed by atoms with Gasteiger partial charge in [0.15, 0.2) is 12.8 Å². The van der Waals surface area contributed by atoms with Crippen molar-refractivity contribution in [3.8, 4) is 0 Å². The van der Waals surface area contributed by atoms with Crippen molar-refractivity contribution in [3.05, 3.63) is 0 Å². The third kappa shape index (κ3) is 12.3. The number of aliphatic carboxylic acids is 5. The fourth-order valence-electron chi connectivity index (χ4n) is 6.47. The van der Waals surface area contributed by atoms with E-state index in [1.165, 1.54) is 0 Å². The molecular formula is C29H51N8O12+. The molecule has 8 N–H and O–H groups in total. The number of ether oxygens (including phenoxy) is 1. The van der Waals surface area contributed by atoms with Gasteiger partial charge in [-0.3, -0.25) is 48.4 Å². The quantitative estimate of drug-likeness (QED) is 0.0400. The lowest BCUT2D eigenvalue weighted by molar-refractivity contribution is -0.840. The van der Waals surface area contributed by atoms with E-state index in [1.54, 1.807) is 14.7 Å². The second-order valence-corrected chi connectivity index (χ2v) is 13.1. The average molecular weight is 704 g/mol. The molecule has 0 bridgehead atoms. The molecule has 3 aliphatic rings. The van der Waals surface area contributed by atoms with Crippen LogP contribution in [0.4, 0.5) is 4.79 Å². The third-order valence-electron chi connectivity index (χ3n) is 9.52. The number of hydrogen-bond acceptors (Lipinski definition) is 12. The van der Waals surface area contributed by atoms with E-state index in [4.69, 9.17) is 9.84 Å². The SMILES string of the molecule is CC1(N2CCN(CC(=O)O)CCN(CC(=O)O)CCN(CC(=O)O)CC2)C[N+]1(C)C1OC1NCCCCC(NC(=O)NCC(=O)O)C(=O)O. The van der Waals surface area contributed by atoms with Crippen molar-refractivity contribution in [2.45, 2.75) is 50.3 Å². The molecule has 5 atom stereocenters. The molecule has 3 saturated heterocycles. The molecule has 0 aromatic rings. The maximum absolute atomic E-state index is 11.8. The van der Waals surface area contributed by atoms with E-state index in [2.05, 4.69) is 34.8 Å². The Morgan fingerprint density at radius 1 is 0.776 bits per heavy atom. The fourth-order valence-corrected chi connectivity index (χ4v) is 6.47. The predicted octanol–water partition coefficient (Wildman–Crippen LogP) is -3.08. The highest BCUT2D eigenvalue weighted by atomic mass is 16.6. The monoisotopic (exact) mass is 703 g/mol. The first-order valence-electron chi connectivity index (χ1n) is 16.3. The molecule has 20 heteroatoms. The number of carbonyl (C=O) groups is 6. The molecule has 5 unspecified atom stereocenters. The van der Waals surface area contributed by atoms with Crippen LogP contribution in [0.2, 0.25) is 0 Å². The van der Waals surface area contributed by atoms with Crippen LogP contribution in [0.3, 0.4) is 0 Å². The minimum absolute atomic E-state index is 0.155. The maximum atomic E-state index is 11.8. The van der Waals surface area contributed by atoms with Crippen LogP contribution in [0.1, 0.15) is 26.2 Å². The number of unbranched alkanes of at least 4 members (excludes halogenated alkanes) is 1. The molecule has 0 aromatic carbocycles. The van der Waals surface area contributed by atoms with Gasteiger partial charge >= 0.3 is 35.9 Å². The van der Waals surface area contributed by atoms with E-state index >= 15 is 0 Å². The fraction of sp³-hybridized carbons (Fsp3) is 0.793. The smallest absolute Gasteiger partial charge is 0.326 e. The summed E-state index contributed by atoms with van der Waals surface area (Å²) < 4.78 is 6.58. The zero-order valence-electron chi connectivity index (χ0n) is 28.1. The molecule has 278 valence electrons. The summed E-state index contributed by atoms with van der Waals surface area (Å²) in [6.45, 7) is 5.34. The number of carboxylic acid groups (broad SMARTS) is 5. The maximum Gasteiger partial charge on any atom is 0.326 e. The molecule has 49 heavy (non-hydrogen) atoms. The van der Waals surface area contributed by atoms with E-state index in [1.807, 2.05) is 0 Å². The summed E-state index contributed by atoms with van der Waals surface area (Å²) in [5, 5.41) is 54.1. The minimum Gasteiger partial charge on any atom is -0.480 e. The number of amides is 2. The van der Waals surface area contributed by atoms with Crippen LogP contribution >= 0.6 is 0 Å². The van der Waals surface area contributed by atoms with Crippen LogP contribution in [0, 0.1) is 0 Å². The number of carbonyl (C=O) groups excluding carboxylic acids is 1. The van der Waals surface area contributed by atoms with Gasteiger partial charge in [0.25, 0.3) is 0 Å². The Balaban J connectivity index is 1.56. The van der Waals surface area contributed by atoms with Crippen molar-refractivity contribution in [1.82, 2.24) is 35.6 Å². The summed E-state index contributed by atoms with van der Waals surface area (Å²) in [5.41, 5.74) is -0.369. The van der Waals surface area contributed by atoms with Crippen molar-refractivity contribution in [1.29, 1.82) is 0 Å². The van der Waals surface area contributed by atoms with E-state index in [0.29, 0.717) is 76.2 Å². The molecule has 2 amide bonds. The van der Waals surface area contributed by atoms with Crippen LogP contribution in [-0.2, 0) is 28.7 Å². The zero-order valence-corrected chi connectivity index (χ0v) is 28.1. The molecule has 3 heterocycles. The molecule has 20 nitrogen and oxygen atoms in total. The number of rotatable bonds is 18. The second-order valence-electron chi connectivity index (χ2n) is 13.1. The topological polar surface area (TPSA) is 265 Å². The highest BCUT2D eigenvalue weighted by Crippen LogP contribution is 2.51. The number of urea groups is 1. The summed E-state index contributed by atoms with van der Waals surface area (Å²) in [7, 11) is 2.08. The number of likely N-dealkylation sites (N-methyl/N-ethyl adjacent to an activating group) is 1. The Morgan fingerprint density at radius 2 is 1.27 bits per heavy atom. The Bertz CT molecular complexity index is 1180. The molecule has 0 radical (unpaired) electrons. The highest BCUT2D eigenvalue weighted by molar-refractivity contribution is 5.84. The average Bonchev–Trinajstić information content (AvgIpc) is 3.89. The largest absolute Gasteiger partial charge is 0.480 e. The van der Waals surface area contributed by atoms with E-state index in [-0.39, 0.29) is 44.2 Å². The van der Waals surface area contributed by atoms with Gasteiger partial charge in [-0.25, -0.2) is 14.5 Å². The van der Waals surface area contributed by atoms with E-state index in [9.17, 15) is 49.2 Å². The first-order valence-corrected chi connectivity index (χ1v) is 16.3. The molecular weight excluding hydrogens is 652 g/mol. The van der Waals surface area contributed by atoms with Gasteiger partial charge in [0, 0.05) is 59.3 Å². The zero-order chi connectivity index (χ0) is 36.4. The van der Waals surface area contributed by atoms with Gasteiger partial charge in [0.2, 0.25) is 11.9 Å². The second kappa shape index (κ2) is 17.8. The number of carboxylic acids is 5. The molecule has 0 spiro atoms. The van der Waals surface area contributed by atoms with Crippen molar-refractivity contribution in [3.63, 3.8) is 0 Å². The molecule has 0 saturated carbocycles. The van der Waals surface area contributed by atoms with Crippen LogP contribution in [0.5, 0.6) is 0 Å². The third-order valence-corrected chi connectivity index (χ3v) is 9.52. The van der Waals surface area contributed by atoms with Crippen LogP contribution in [-0.4, -0.2) is 208 Å². The van der Waals surface area contributed by atoms with Gasteiger partial charge in [-0.05, 0) is 25.8 Å². The molecule has 0 aromatic heterocycles. The normalized spacial score (nSPS) is 28.0. The lowest BCUT2D eigenvalue weighted by Gasteiger charge is -2.35. The summed E-state index contributed by atoms with van der Waals surface area (Å²) in [6, 6.07) is -2.03. The van der Waals surface area contributed by atoms with Crippen LogP contribution < -0.4 is 16.0 Å². The Labute approximate surface area is 284 Å². The molecule has 3 rings (SSSR count). The number of hydrogen-bond donors (Lipinski definition) is 8. The summed E-state index contributed by atoms with van der Waals surface area (Å²) in [5.74, 6) is -5.44. The van der Waals surface area contributed by atoms with Crippen LogP contribution in [0.25, 0.3) is 0 Å². The summed E-state index contributed by atoms with van der Waals surface area (Å²) >= 11 is 0. The number of nitrogens with zero attached hydrogens (tertiary/aromatic N) is 5. The first-order chi connectivity index (χ1) is 23.0. The van der Waals surface area contributed by atoms with Gasteiger partial charge in [-0.1, -0.05) is 0 Å². The van der Waals surface area contributed by atoms with Crippen LogP contribution in [0.15, 0.2) is 0 Å². The van der Waals surface area contributed by atoms with Gasteiger partial charge in [-0.15, -0.1) is 0 Å². The standard InChI is InChI=1S/C29H50N8O12/c1-29(19-37(29,2)26-25(49-26)30-6-4-3-5-20(27(46)47)32-28(48)31-15-21(38)39)36-13-11-34(17-23(42)43)9-7-33(16-22(40)41)8-10-35(12-14-36)18-24(44)45/h20,25-26,30H,3-19H2,1-2H3,(H6-,31,32,38,39,40,41,42,43,44,45,46,47,48)/p+1. The lowest BCUT2D eigenvalue weighted by Crippen LogP contribution is -2.54. The van der Waals surface area contributed by atoms with Crippen molar-refractivity contribution >= 4 is 35.9 Å². The van der Waals surface area contributed by atoms with E-state index in [0.717, 1.165) is 6.54 Å². The van der Waals surface area contributed by atoms with Crippen molar-refractivity contribution in [2.75, 3.05) is 98.7 Å². The Morgan fingerprint density at radius 3 is 1.71 bits per heavy atom. The van der Waals surface area contributed by atoms with Crippen molar-refractivity contribution < 1.29 is 63.5 Å². The van der Waals surface area contributed by atoms with Gasteiger partial charge in [0.1, 0.15) is 12.6 Å². The lowest BCUT2D eigenvalue weighted by atomic mass is 10.1. The minimum atomic E-state index is -1.25. The predicted molar refractivity (Wildman–Crippen MR) is 169 cm³/mol. The number of nitrogens with one attached hydrogen (secondary N) is 3. The molecule has 3 fully saturated rings. The highest BCUT2D eigenvalue weighted by Gasteiger charge is 2.76. The van der Waals surface area contributed by atoms with Gasteiger partial charge in [-0.2, -0.15) is 0 Å². The Hall–Kier alpha value is -3.66. The summed E-state index contributed by atoms with van der Waals surface area (Å²) in [6.07, 6.45) is 0.841. The van der Waals surface area contributed by atoms with Gasteiger partial charge in [0.05, 0.1) is 26.7 Å². The Kier molecular flexibility index (Phi) is 14.5.